The molecule has 1 aromatic carbocycles. The maximum atomic E-state index is 11.3. The van der Waals surface area contributed by atoms with Gasteiger partial charge in [0.15, 0.2) is 0 Å². The highest BCUT2D eigenvalue weighted by Crippen LogP contribution is 2.13. The molecule has 0 bridgehead atoms. The molecule has 0 atom stereocenters. The van der Waals surface area contributed by atoms with E-state index in [4.69, 9.17) is 0 Å². The SMILES string of the molecule is CN(N=O)C(=O)c1ccc([N+](=O)[O-])cc1. The summed E-state index contributed by atoms with van der Waals surface area (Å²) in [6, 6.07) is 4.90. The van der Waals surface area contributed by atoms with E-state index in [-0.39, 0.29) is 11.3 Å². The van der Waals surface area contributed by atoms with E-state index in [1.807, 2.05) is 0 Å². The van der Waals surface area contributed by atoms with Crippen LogP contribution in [0.25, 0.3) is 0 Å². The van der Waals surface area contributed by atoms with Gasteiger partial charge in [-0.3, -0.25) is 14.9 Å². The smallest absolute Gasteiger partial charge is 0.267 e. The number of hydrogen-bond acceptors (Lipinski definition) is 5. The van der Waals surface area contributed by atoms with Crippen molar-refractivity contribution in [2.45, 2.75) is 0 Å². The number of amides is 1. The largest absolute Gasteiger partial charge is 0.276 e. The molecule has 0 saturated carbocycles. The topological polar surface area (TPSA) is 92.9 Å². The van der Waals surface area contributed by atoms with Gasteiger partial charge in [-0.05, 0) is 12.1 Å². The zero-order valence-corrected chi connectivity index (χ0v) is 7.78. The number of nitroso groups, excluding NO2 is 1. The normalized spacial score (nSPS) is 9.40. The van der Waals surface area contributed by atoms with Gasteiger partial charge in [-0.2, -0.15) is 5.01 Å². The molecule has 0 aliphatic heterocycles. The first-order chi connectivity index (χ1) is 7.06. The lowest BCUT2D eigenvalue weighted by atomic mass is 10.2. The Morgan fingerprint density at radius 1 is 1.40 bits per heavy atom. The molecule has 1 rings (SSSR count). The van der Waals surface area contributed by atoms with E-state index in [1.165, 1.54) is 31.3 Å². The molecule has 0 fully saturated rings. The molecule has 7 nitrogen and oxygen atoms in total. The van der Waals surface area contributed by atoms with Crippen LogP contribution in [-0.4, -0.2) is 22.9 Å². The third kappa shape index (κ3) is 2.33. The molecule has 1 aromatic rings. The third-order valence-corrected chi connectivity index (χ3v) is 1.74. The Labute approximate surface area is 84.4 Å². The second kappa shape index (κ2) is 4.27. The number of carbonyl (C=O) groups excluding carboxylic acids is 1. The Hall–Kier alpha value is -2.31. The Morgan fingerprint density at radius 3 is 2.33 bits per heavy atom. The van der Waals surface area contributed by atoms with Crippen LogP contribution in [-0.2, 0) is 0 Å². The van der Waals surface area contributed by atoms with E-state index in [9.17, 15) is 19.8 Å². The number of hydrogen-bond donors (Lipinski definition) is 0. The highest BCUT2D eigenvalue weighted by Gasteiger charge is 2.13. The van der Waals surface area contributed by atoms with E-state index in [0.717, 1.165) is 0 Å². The first kappa shape index (κ1) is 10.8. The van der Waals surface area contributed by atoms with Crippen molar-refractivity contribution in [2.75, 3.05) is 7.05 Å². The van der Waals surface area contributed by atoms with Crippen molar-refractivity contribution in [2.24, 2.45) is 5.29 Å². The molecule has 0 saturated heterocycles. The fourth-order valence-electron chi connectivity index (χ4n) is 0.950. The van der Waals surface area contributed by atoms with Crippen molar-refractivity contribution in [1.29, 1.82) is 0 Å². The predicted molar refractivity (Wildman–Crippen MR) is 51.0 cm³/mol. The lowest BCUT2D eigenvalue weighted by Gasteiger charge is -2.05. The number of nitro groups is 1. The average molecular weight is 209 g/mol. The van der Waals surface area contributed by atoms with Gasteiger partial charge in [0.25, 0.3) is 11.6 Å². The van der Waals surface area contributed by atoms with Crippen LogP contribution in [0.4, 0.5) is 5.69 Å². The molecule has 0 heterocycles. The Bertz CT molecular complexity index is 401. The van der Waals surface area contributed by atoms with Gasteiger partial charge in [-0.15, -0.1) is 4.91 Å². The number of nitrogens with zero attached hydrogens (tertiary/aromatic N) is 3. The molecule has 0 radical (unpaired) electrons. The number of benzene rings is 1. The maximum absolute atomic E-state index is 11.3. The molecule has 7 heteroatoms. The molecule has 15 heavy (non-hydrogen) atoms. The van der Waals surface area contributed by atoms with Crippen molar-refractivity contribution in [1.82, 2.24) is 5.01 Å². The van der Waals surface area contributed by atoms with E-state index in [2.05, 4.69) is 5.29 Å². The van der Waals surface area contributed by atoms with Gasteiger partial charge in [0.2, 0.25) is 0 Å². The summed E-state index contributed by atoms with van der Waals surface area (Å²) >= 11 is 0. The van der Waals surface area contributed by atoms with Crippen molar-refractivity contribution in [3.05, 3.63) is 44.9 Å². The Balaban J connectivity index is 2.94. The summed E-state index contributed by atoms with van der Waals surface area (Å²) in [6.45, 7) is 0. The summed E-state index contributed by atoms with van der Waals surface area (Å²) in [7, 11) is 1.21. The summed E-state index contributed by atoms with van der Waals surface area (Å²) in [5, 5.41) is 13.3. The standard InChI is InChI=1S/C8H7N3O4/c1-10(9-13)8(12)6-2-4-7(5-3-6)11(14)15/h2-5H,1H3. The molecular formula is C8H7N3O4. The van der Waals surface area contributed by atoms with Crippen LogP contribution in [0, 0.1) is 15.0 Å². The molecular weight excluding hydrogens is 202 g/mol. The highest BCUT2D eigenvalue weighted by molar-refractivity contribution is 5.93. The van der Waals surface area contributed by atoms with E-state index >= 15 is 0 Å². The van der Waals surface area contributed by atoms with E-state index < -0.39 is 10.8 Å². The number of rotatable bonds is 3. The lowest BCUT2D eigenvalue weighted by molar-refractivity contribution is -0.384. The van der Waals surface area contributed by atoms with Gasteiger partial charge < -0.3 is 0 Å². The van der Waals surface area contributed by atoms with Crippen LogP contribution in [0.1, 0.15) is 10.4 Å². The van der Waals surface area contributed by atoms with Crippen molar-refractivity contribution in [3.8, 4) is 0 Å². The van der Waals surface area contributed by atoms with Gasteiger partial charge in [0.05, 0.1) is 10.2 Å². The van der Waals surface area contributed by atoms with E-state index in [1.54, 1.807) is 0 Å². The molecule has 0 N–H and O–H groups in total. The zero-order valence-electron chi connectivity index (χ0n) is 7.78. The Morgan fingerprint density at radius 2 is 1.93 bits per heavy atom. The van der Waals surface area contributed by atoms with Crippen LogP contribution in [0.3, 0.4) is 0 Å². The van der Waals surface area contributed by atoms with Crippen LogP contribution >= 0.6 is 0 Å². The van der Waals surface area contributed by atoms with Crippen LogP contribution in [0.2, 0.25) is 0 Å². The molecule has 0 aliphatic carbocycles. The monoisotopic (exact) mass is 209 g/mol. The summed E-state index contributed by atoms with van der Waals surface area (Å²) in [5.74, 6) is -0.611. The fraction of sp³-hybridized carbons (Fsp3) is 0.125. The fourth-order valence-corrected chi connectivity index (χ4v) is 0.950. The van der Waals surface area contributed by atoms with Crippen molar-refractivity contribution < 1.29 is 9.72 Å². The highest BCUT2D eigenvalue weighted by atomic mass is 16.6. The first-order valence-corrected chi connectivity index (χ1v) is 3.92. The minimum absolute atomic E-state index is 0.117. The molecule has 0 aromatic heterocycles. The van der Waals surface area contributed by atoms with Crippen molar-refractivity contribution >= 4 is 11.6 Å². The molecule has 78 valence electrons. The third-order valence-electron chi connectivity index (χ3n) is 1.74. The van der Waals surface area contributed by atoms with Gasteiger partial charge in [0, 0.05) is 24.7 Å². The number of nitro benzene ring substituents is 1. The molecule has 0 unspecified atom stereocenters. The minimum Gasteiger partial charge on any atom is -0.267 e. The molecule has 1 amide bonds. The van der Waals surface area contributed by atoms with Gasteiger partial charge >= 0.3 is 0 Å². The minimum atomic E-state index is -0.611. The molecule has 0 spiro atoms. The predicted octanol–water partition coefficient (Wildman–Crippen LogP) is 1.35. The molecule has 0 aliphatic rings. The number of non-ortho nitro benzene ring substituents is 1. The summed E-state index contributed by atoms with van der Waals surface area (Å²) < 4.78 is 0. The van der Waals surface area contributed by atoms with Crippen LogP contribution in [0.5, 0.6) is 0 Å². The van der Waals surface area contributed by atoms with Gasteiger partial charge in [-0.25, -0.2) is 0 Å². The van der Waals surface area contributed by atoms with Gasteiger partial charge in [0.1, 0.15) is 0 Å². The van der Waals surface area contributed by atoms with Gasteiger partial charge in [-0.1, -0.05) is 0 Å². The van der Waals surface area contributed by atoms with E-state index in [0.29, 0.717) is 5.01 Å². The van der Waals surface area contributed by atoms with Crippen LogP contribution in [0.15, 0.2) is 29.6 Å². The second-order valence-corrected chi connectivity index (χ2v) is 2.71. The zero-order chi connectivity index (χ0) is 11.4. The maximum Gasteiger partial charge on any atom is 0.276 e. The lowest BCUT2D eigenvalue weighted by Crippen LogP contribution is -2.20. The second-order valence-electron chi connectivity index (χ2n) is 2.71. The Kier molecular flexibility index (Phi) is 3.06. The summed E-state index contributed by atoms with van der Waals surface area (Å²) in [5.41, 5.74) is 0.0518. The van der Waals surface area contributed by atoms with Crippen LogP contribution < -0.4 is 0 Å². The average Bonchev–Trinajstić information content (AvgIpc) is 2.27. The number of carbonyl (C=O) groups is 1. The van der Waals surface area contributed by atoms with Crippen molar-refractivity contribution in [3.63, 3.8) is 0 Å². The first-order valence-electron chi connectivity index (χ1n) is 3.92. The summed E-state index contributed by atoms with van der Waals surface area (Å²) in [6.07, 6.45) is 0. The quantitative estimate of drug-likeness (QED) is 0.426. The summed E-state index contributed by atoms with van der Waals surface area (Å²) in [4.78, 5) is 31.1.